The summed E-state index contributed by atoms with van der Waals surface area (Å²) in [6, 6.07) is 3.07. The van der Waals surface area contributed by atoms with Crippen molar-refractivity contribution in [2.45, 2.75) is 6.92 Å². The number of nitrogens with zero attached hydrogens (tertiary/aromatic N) is 1. The molecule has 0 bridgehead atoms. The number of carboxylic acid groups (broad SMARTS) is 1. The Morgan fingerprint density at radius 3 is 2.69 bits per heavy atom. The highest BCUT2D eigenvalue weighted by Gasteiger charge is 2.10. The van der Waals surface area contributed by atoms with E-state index in [-0.39, 0.29) is 6.54 Å². The van der Waals surface area contributed by atoms with Crippen LogP contribution >= 0.6 is 0 Å². The number of esters is 1. The summed E-state index contributed by atoms with van der Waals surface area (Å²) in [5, 5.41) is 11.1. The predicted molar refractivity (Wildman–Crippen MR) is 56.4 cm³/mol. The third kappa shape index (κ3) is 2.94. The lowest BCUT2D eigenvalue weighted by molar-refractivity contribution is -0.134. The summed E-state index contributed by atoms with van der Waals surface area (Å²) in [7, 11) is 1.29. The van der Waals surface area contributed by atoms with Gasteiger partial charge in [0.2, 0.25) is 0 Å². The van der Waals surface area contributed by atoms with Gasteiger partial charge in [-0.15, -0.1) is 0 Å². The maximum atomic E-state index is 11.2. The molecular weight excluding hydrogens is 212 g/mol. The minimum atomic E-state index is -0.975. The molecule has 2 N–H and O–H groups in total. The molecule has 0 fully saturated rings. The highest BCUT2D eigenvalue weighted by atomic mass is 16.5. The van der Waals surface area contributed by atoms with Gasteiger partial charge in [0.05, 0.1) is 18.4 Å². The van der Waals surface area contributed by atoms with Crippen LogP contribution in [0.5, 0.6) is 0 Å². The summed E-state index contributed by atoms with van der Waals surface area (Å²) in [5.41, 5.74) is 0.852. The monoisotopic (exact) mass is 224 g/mol. The third-order valence-corrected chi connectivity index (χ3v) is 1.91. The molecule has 0 atom stereocenters. The van der Waals surface area contributed by atoms with E-state index in [1.54, 1.807) is 13.0 Å². The average Bonchev–Trinajstić information content (AvgIpc) is 2.25. The fourth-order valence-corrected chi connectivity index (χ4v) is 1.15. The minimum Gasteiger partial charge on any atom is -0.480 e. The predicted octanol–water partition coefficient (Wildman–Crippen LogP) is 0.673. The van der Waals surface area contributed by atoms with Gasteiger partial charge in [0.15, 0.2) is 0 Å². The lowest BCUT2D eigenvalue weighted by Gasteiger charge is -2.06. The van der Waals surface area contributed by atoms with Gasteiger partial charge in [-0.1, -0.05) is 0 Å². The van der Waals surface area contributed by atoms with Crippen LogP contribution in [0, 0.1) is 6.92 Å². The Balaban J connectivity index is 2.82. The number of hydrogen-bond donors (Lipinski definition) is 2. The molecule has 0 spiro atoms. The number of ether oxygens (including phenoxy) is 1. The highest BCUT2D eigenvalue weighted by Crippen LogP contribution is 2.11. The number of rotatable bonds is 4. The quantitative estimate of drug-likeness (QED) is 0.731. The van der Waals surface area contributed by atoms with Crippen LogP contribution in [0.15, 0.2) is 12.1 Å². The van der Waals surface area contributed by atoms with Crippen LogP contribution in [0.25, 0.3) is 0 Å². The Hall–Kier alpha value is -2.11. The average molecular weight is 224 g/mol. The van der Waals surface area contributed by atoms with Crippen molar-refractivity contribution >= 4 is 17.8 Å². The van der Waals surface area contributed by atoms with E-state index in [1.807, 2.05) is 0 Å². The zero-order valence-electron chi connectivity index (χ0n) is 8.98. The molecule has 6 nitrogen and oxygen atoms in total. The van der Waals surface area contributed by atoms with E-state index in [4.69, 9.17) is 5.11 Å². The van der Waals surface area contributed by atoms with Gasteiger partial charge in [-0.3, -0.25) is 4.79 Å². The zero-order valence-corrected chi connectivity index (χ0v) is 8.98. The summed E-state index contributed by atoms with van der Waals surface area (Å²) < 4.78 is 4.56. The number of aryl methyl sites for hydroxylation is 1. The fourth-order valence-electron chi connectivity index (χ4n) is 1.15. The summed E-state index contributed by atoms with van der Waals surface area (Å²) in [4.78, 5) is 25.6. The number of carbonyl (C=O) groups is 2. The number of aliphatic carboxylic acids is 1. The first-order valence-corrected chi connectivity index (χ1v) is 4.56. The lowest BCUT2D eigenvalue weighted by atomic mass is 10.2. The molecule has 0 unspecified atom stereocenters. The summed E-state index contributed by atoms with van der Waals surface area (Å²) in [5.74, 6) is -1.03. The zero-order chi connectivity index (χ0) is 12.1. The van der Waals surface area contributed by atoms with Gasteiger partial charge in [0, 0.05) is 0 Å². The first kappa shape index (κ1) is 12.0. The standard InChI is InChI=1S/C10H12N2O4/c1-6-7(10(15)16-2)3-4-8(12-6)11-5-9(13)14/h3-4H,5H2,1-2H3,(H,11,12)(H,13,14). The van der Waals surface area contributed by atoms with Crippen molar-refractivity contribution in [3.05, 3.63) is 23.4 Å². The molecule has 0 aliphatic rings. The van der Waals surface area contributed by atoms with Crippen LogP contribution in [-0.2, 0) is 9.53 Å². The topological polar surface area (TPSA) is 88.5 Å². The van der Waals surface area contributed by atoms with E-state index in [0.29, 0.717) is 17.1 Å². The smallest absolute Gasteiger partial charge is 0.339 e. The van der Waals surface area contributed by atoms with Crippen molar-refractivity contribution in [2.24, 2.45) is 0 Å². The Bertz CT molecular complexity index is 417. The molecule has 1 rings (SSSR count). The Morgan fingerprint density at radius 2 is 2.19 bits per heavy atom. The van der Waals surface area contributed by atoms with Gasteiger partial charge >= 0.3 is 11.9 Å². The molecule has 86 valence electrons. The van der Waals surface area contributed by atoms with Gasteiger partial charge in [-0.05, 0) is 19.1 Å². The van der Waals surface area contributed by atoms with E-state index < -0.39 is 11.9 Å². The first-order chi connectivity index (χ1) is 7.54. The second-order valence-corrected chi connectivity index (χ2v) is 3.07. The van der Waals surface area contributed by atoms with Crippen LogP contribution in [0.2, 0.25) is 0 Å². The maximum Gasteiger partial charge on any atom is 0.339 e. The first-order valence-electron chi connectivity index (χ1n) is 4.56. The molecule has 6 heteroatoms. The Kier molecular flexibility index (Phi) is 3.82. The minimum absolute atomic E-state index is 0.218. The van der Waals surface area contributed by atoms with Crippen LogP contribution in [0.3, 0.4) is 0 Å². The number of carboxylic acids is 1. The largest absolute Gasteiger partial charge is 0.480 e. The number of nitrogens with one attached hydrogen (secondary N) is 1. The number of anilines is 1. The number of methoxy groups -OCH3 is 1. The molecule has 0 saturated heterocycles. The van der Waals surface area contributed by atoms with E-state index in [2.05, 4.69) is 15.0 Å². The normalized spacial score (nSPS) is 9.62. The summed E-state index contributed by atoms with van der Waals surface area (Å²) in [6.07, 6.45) is 0. The number of pyridine rings is 1. The highest BCUT2D eigenvalue weighted by molar-refractivity contribution is 5.90. The molecule has 1 heterocycles. The molecule has 0 aliphatic heterocycles. The van der Waals surface area contributed by atoms with Gasteiger partial charge in [0.25, 0.3) is 0 Å². The van der Waals surface area contributed by atoms with Gasteiger partial charge in [0.1, 0.15) is 12.4 Å². The van der Waals surface area contributed by atoms with Crippen molar-refractivity contribution in [2.75, 3.05) is 19.0 Å². The lowest BCUT2D eigenvalue weighted by Crippen LogP contribution is -2.14. The molecule has 1 aromatic heterocycles. The van der Waals surface area contributed by atoms with Crippen LogP contribution in [0.1, 0.15) is 16.1 Å². The van der Waals surface area contributed by atoms with Crippen molar-refractivity contribution in [1.82, 2.24) is 4.98 Å². The van der Waals surface area contributed by atoms with Crippen molar-refractivity contribution in [3.63, 3.8) is 0 Å². The second-order valence-electron chi connectivity index (χ2n) is 3.07. The molecule has 0 saturated carbocycles. The van der Waals surface area contributed by atoms with Crippen molar-refractivity contribution in [1.29, 1.82) is 0 Å². The van der Waals surface area contributed by atoms with E-state index in [1.165, 1.54) is 13.2 Å². The second kappa shape index (κ2) is 5.11. The van der Waals surface area contributed by atoms with E-state index >= 15 is 0 Å². The molecule has 0 aromatic carbocycles. The molecular formula is C10H12N2O4. The van der Waals surface area contributed by atoms with Gasteiger partial charge in [-0.2, -0.15) is 0 Å². The van der Waals surface area contributed by atoms with Crippen molar-refractivity contribution < 1.29 is 19.4 Å². The van der Waals surface area contributed by atoms with Gasteiger partial charge < -0.3 is 15.2 Å². The maximum absolute atomic E-state index is 11.2. The number of hydrogen-bond acceptors (Lipinski definition) is 5. The Morgan fingerprint density at radius 1 is 1.50 bits per heavy atom. The molecule has 1 aromatic rings. The fraction of sp³-hybridized carbons (Fsp3) is 0.300. The molecule has 0 aliphatic carbocycles. The van der Waals surface area contributed by atoms with E-state index in [9.17, 15) is 9.59 Å². The van der Waals surface area contributed by atoms with Gasteiger partial charge in [-0.25, -0.2) is 9.78 Å². The molecule has 0 radical (unpaired) electrons. The van der Waals surface area contributed by atoms with Crippen LogP contribution < -0.4 is 5.32 Å². The third-order valence-electron chi connectivity index (χ3n) is 1.91. The van der Waals surface area contributed by atoms with Crippen LogP contribution in [0.4, 0.5) is 5.82 Å². The summed E-state index contributed by atoms with van der Waals surface area (Å²) >= 11 is 0. The van der Waals surface area contributed by atoms with Crippen LogP contribution in [-0.4, -0.2) is 35.7 Å². The Labute approximate surface area is 92.3 Å². The molecule has 0 amide bonds. The summed E-state index contributed by atoms with van der Waals surface area (Å²) in [6.45, 7) is 1.43. The number of aromatic nitrogens is 1. The van der Waals surface area contributed by atoms with E-state index in [0.717, 1.165) is 0 Å². The SMILES string of the molecule is COC(=O)c1ccc(NCC(=O)O)nc1C. The molecule has 16 heavy (non-hydrogen) atoms. The van der Waals surface area contributed by atoms with Crippen molar-refractivity contribution in [3.8, 4) is 0 Å². The number of carbonyl (C=O) groups excluding carboxylic acids is 1.